The third-order valence-corrected chi connectivity index (χ3v) is 4.44. The van der Waals surface area contributed by atoms with Crippen molar-refractivity contribution in [3.05, 3.63) is 90.3 Å². The van der Waals surface area contributed by atoms with Crippen LogP contribution in [0.5, 0.6) is 0 Å². The van der Waals surface area contributed by atoms with E-state index in [1.165, 1.54) is 7.11 Å². The molecule has 1 amide bonds. The van der Waals surface area contributed by atoms with Gasteiger partial charge in [-0.15, -0.1) is 0 Å². The van der Waals surface area contributed by atoms with Gasteiger partial charge >= 0.3 is 5.97 Å². The summed E-state index contributed by atoms with van der Waals surface area (Å²) in [7, 11) is 1.32. The Morgan fingerprint density at radius 1 is 0.964 bits per heavy atom. The van der Waals surface area contributed by atoms with Crippen molar-refractivity contribution < 1.29 is 14.3 Å². The molecule has 0 atom stereocenters. The van der Waals surface area contributed by atoms with Gasteiger partial charge in [0.25, 0.3) is 5.91 Å². The molecule has 3 aromatic carbocycles. The van der Waals surface area contributed by atoms with E-state index in [9.17, 15) is 9.59 Å². The van der Waals surface area contributed by atoms with Gasteiger partial charge in [-0.05, 0) is 53.2 Å². The highest BCUT2D eigenvalue weighted by Crippen LogP contribution is 2.25. The van der Waals surface area contributed by atoms with Crippen molar-refractivity contribution in [1.82, 2.24) is 9.78 Å². The molecule has 4 rings (SSSR count). The van der Waals surface area contributed by atoms with E-state index in [0.29, 0.717) is 16.8 Å². The summed E-state index contributed by atoms with van der Waals surface area (Å²) in [6, 6.07) is 20.0. The average molecular weight is 371 g/mol. The van der Waals surface area contributed by atoms with E-state index >= 15 is 0 Å². The number of fused-ring (bicyclic) bond motifs is 1. The smallest absolute Gasteiger partial charge is 0.339 e. The molecule has 0 aliphatic heterocycles. The molecule has 0 aliphatic rings. The molecular formula is C22H17N3O3. The number of carbonyl (C=O) groups excluding carboxylic acids is 2. The number of methoxy groups -OCH3 is 1. The van der Waals surface area contributed by atoms with Gasteiger partial charge in [-0.1, -0.05) is 24.3 Å². The van der Waals surface area contributed by atoms with E-state index in [-0.39, 0.29) is 5.91 Å². The van der Waals surface area contributed by atoms with Crippen molar-refractivity contribution in [2.75, 3.05) is 12.4 Å². The average Bonchev–Trinajstić information content (AvgIpc) is 3.27. The van der Waals surface area contributed by atoms with E-state index in [0.717, 1.165) is 16.5 Å². The summed E-state index contributed by atoms with van der Waals surface area (Å²) < 4.78 is 6.58. The molecule has 0 bridgehead atoms. The van der Waals surface area contributed by atoms with E-state index in [2.05, 4.69) is 10.4 Å². The van der Waals surface area contributed by atoms with Crippen LogP contribution in [0.4, 0.5) is 5.69 Å². The fourth-order valence-electron chi connectivity index (χ4n) is 3.00. The molecule has 1 N–H and O–H groups in total. The number of esters is 1. The van der Waals surface area contributed by atoms with Gasteiger partial charge in [-0.25, -0.2) is 9.48 Å². The minimum Gasteiger partial charge on any atom is -0.465 e. The fourth-order valence-corrected chi connectivity index (χ4v) is 3.00. The number of benzene rings is 3. The number of carbonyl (C=O) groups is 2. The van der Waals surface area contributed by atoms with Crippen LogP contribution in [0, 0.1) is 0 Å². The zero-order valence-electron chi connectivity index (χ0n) is 15.1. The summed E-state index contributed by atoms with van der Waals surface area (Å²) in [6.45, 7) is 0. The second-order valence-electron chi connectivity index (χ2n) is 6.19. The molecule has 1 heterocycles. The van der Waals surface area contributed by atoms with Crippen molar-refractivity contribution in [2.24, 2.45) is 0 Å². The maximum Gasteiger partial charge on any atom is 0.339 e. The number of anilines is 1. The molecule has 4 aromatic rings. The second-order valence-corrected chi connectivity index (χ2v) is 6.19. The van der Waals surface area contributed by atoms with Crippen molar-refractivity contribution in [3.8, 4) is 5.69 Å². The molecule has 0 saturated carbocycles. The molecule has 6 nitrogen and oxygen atoms in total. The van der Waals surface area contributed by atoms with Crippen LogP contribution < -0.4 is 5.32 Å². The SMILES string of the molecule is COC(=O)c1cc2ccccc2cc1NC(=O)c1ccc(-n2cccn2)cc1. The summed E-state index contributed by atoms with van der Waals surface area (Å²) in [5, 5.41) is 8.80. The number of rotatable bonds is 4. The maximum absolute atomic E-state index is 12.7. The minimum absolute atomic E-state index is 0.308. The van der Waals surface area contributed by atoms with E-state index < -0.39 is 5.97 Å². The van der Waals surface area contributed by atoms with Gasteiger partial charge in [-0.2, -0.15) is 5.10 Å². The van der Waals surface area contributed by atoms with Crippen molar-refractivity contribution in [1.29, 1.82) is 0 Å². The van der Waals surface area contributed by atoms with Gasteiger partial charge < -0.3 is 10.1 Å². The molecule has 0 unspecified atom stereocenters. The molecule has 0 fully saturated rings. The van der Waals surface area contributed by atoms with Crippen LogP contribution >= 0.6 is 0 Å². The highest BCUT2D eigenvalue weighted by atomic mass is 16.5. The Balaban J connectivity index is 1.65. The number of ether oxygens (including phenoxy) is 1. The Hall–Kier alpha value is -3.93. The highest BCUT2D eigenvalue weighted by Gasteiger charge is 2.16. The number of aromatic nitrogens is 2. The van der Waals surface area contributed by atoms with Crippen LogP contribution in [0.2, 0.25) is 0 Å². The normalized spacial score (nSPS) is 10.6. The Morgan fingerprint density at radius 3 is 2.32 bits per heavy atom. The molecule has 0 aliphatic carbocycles. The van der Waals surface area contributed by atoms with Crippen molar-refractivity contribution in [2.45, 2.75) is 0 Å². The van der Waals surface area contributed by atoms with Gasteiger partial charge in [0.15, 0.2) is 0 Å². The zero-order valence-corrected chi connectivity index (χ0v) is 15.1. The first-order valence-corrected chi connectivity index (χ1v) is 8.68. The van der Waals surface area contributed by atoms with Crippen molar-refractivity contribution in [3.63, 3.8) is 0 Å². The quantitative estimate of drug-likeness (QED) is 0.549. The Morgan fingerprint density at radius 2 is 1.68 bits per heavy atom. The third kappa shape index (κ3) is 3.35. The highest BCUT2D eigenvalue weighted by molar-refractivity contribution is 6.10. The lowest BCUT2D eigenvalue weighted by Gasteiger charge is -2.12. The van der Waals surface area contributed by atoms with Crippen LogP contribution in [0.3, 0.4) is 0 Å². The Bertz CT molecular complexity index is 1150. The van der Waals surface area contributed by atoms with Gasteiger partial charge in [0.1, 0.15) is 0 Å². The first-order chi connectivity index (χ1) is 13.7. The van der Waals surface area contributed by atoms with Gasteiger partial charge in [-0.3, -0.25) is 4.79 Å². The number of hydrogen-bond acceptors (Lipinski definition) is 4. The first-order valence-electron chi connectivity index (χ1n) is 8.68. The molecule has 1 aromatic heterocycles. The fraction of sp³-hybridized carbons (Fsp3) is 0.0455. The zero-order chi connectivity index (χ0) is 19.5. The second kappa shape index (κ2) is 7.36. The molecular weight excluding hydrogens is 354 g/mol. The first kappa shape index (κ1) is 17.5. The Kier molecular flexibility index (Phi) is 4.60. The predicted molar refractivity (Wildman–Crippen MR) is 107 cm³/mol. The standard InChI is InChI=1S/C22H17N3O3/c1-28-22(27)19-13-16-5-2-3-6-17(16)14-20(19)24-21(26)15-7-9-18(10-8-15)25-12-4-11-23-25/h2-14H,1H3,(H,24,26). The molecule has 0 spiro atoms. The third-order valence-electron chi connectivity index (χ3n) is 4.44. The summed E-state index contributed by atoms with van der Waals surface area (Å²) >= 11 is 0. The lowest BCUT2D eigenvalue weighted by molar-refractivity contribution is 0.0602. The number of hydrogen-bond donors (Lipinski definition) is 1. The predicted octanol–water partition coefficient (Wildman–Crippen LogP) is 4.06. The summed E-state index contributed by atoms with van der Waals surface area (Å²) in [5.74, 6) is -0.817. The van der Waals surface area contributed by atoms with Gasteiger partial charge in [0.05, 0.1) is 24.0 Å². The van der Waals surface area contributed by atoms with E-state index in [1.807, 2.05) is 48.7 Å². The monoisotopic (exact) mass is 371 g/mol. The van der Waals surface area contributed by atoms with Gasteiger partial charge in [0.2, 0.25) is 0 Å². The molecule has 0 radical (unpaired) electrons. The maximum atomic E-state index is 12.7. The minimum atomic E-state index is -0.505. The topological polar surface area (TPSA) is 73.2 Å². The lowest BCUT2D eigenvalue weighted by Crippen LogP contribution is -2.15. The Labute approximate surface area is 161 Å². The van der Waals surface area contributed by atoms with Crippen LogP contribution in [-0.2, 0) is 4.74 Å². The van der Waals surface area contributed by atoms with E-state index in [4.69, 9.17) is 4.74 Å². The number of nitrogens with one attached hydrogen (secondary N) is 1. The summed E-state index contributed by atoms with van der Waals surface area (Å²) in [5.41, 5.74) is 2.04. The molecule has 0 saturated heterocycles. The van der Waals surface area contributed by atoms with Crippen LogP contribution in [-0.4, -0.2) is 28.8 Å². The number of nitrogens with zero attached hydrogens (tertiary/aromatic N) is 2. The number of amides is 1. The summed E-state index contributed by atoms with van der Waals surface area (Å²) in [6.07, 6.45) is 3.52. The van der Waals surface area contributed by atoms with E-state index in [1.54, 1.807) is 35.1 Å². The molecule has 138 valence electrons. The van der Waals surface area contributed by atoms with Gasteiger partial charge in [0, 0.05) is 18.0 Å². The lowest BCUT2D eigenvalue weighted by atomic mass is 10.0. The van der Waals surface area contributed by atoms with Crippen LogP contribution in [0.25, 0.3) is 16.5 Å². The van der Waals surface area contributed by atoms with Crippen LogP contribution in [0.1, 0.15) is 20.7 Å². The molecule has 6 heteroatoms. The summed E-state index contributed by atoms with van der Waals surface area (Å²) in [4.78, 5) is 24.9. The van der Waals surface area contributed by atoms with Crippen LogP contribution in [0.15, 0.2) is 79.1 Å². The molecule has 28 heavy (non-hydrogen) atoms. The van der Waals surface area contributed by atoms with Crippen molar-refractivity contribution >= 4 is 28.3 Å². The largest absolute Gasteiger partial charge is 0.465 e.